The summed E-state index contributed by atoms with van der Waals surface area (Å²) in [5, 5.41) is 18.3. The van der Waals surface area contributed by atoms with Crippen molar-refractivity contribution < 1.29 is 47.2 Å². The highest BCUT2D eigenvalue weighted by Crippen LogP contribution is 2.58. The zero-order chi connectivity index (χ0) is 31.8. The number of imidazole rings is 2. The number of rotatable bonds is 2. The zero-order valence-electron chi connectivity index (χ0n) is 22.4. The first kappa shape index (κ1) is 31.0. The molecule has 4 aromatic rings. The third kappa shape index (κ3) is 5.55. The van der Waals surface area contributed by atoms with Crippen LogP contribution >= 0.6 is 39.2 Å². The molecule has 3 aliphatic rings. The summed E-state index contributed by atoms with van der Waals surface area (Å²) >= 11 is 1.91. The molecule has 0 radical (unpaired) electrons. The first-order valence-corrected chi connectivity index (χ1v) is 17.8. The van der Waals surface area contributed by atoms with Crippen LogP contribution in [0.1, 0.15) is 10.7 Å². The van der Waals surface area contributed by atoms with Crippen LogP contribution in [0.15, 0.2) is 23.8 Å². The normalized spacial score (nSPS) is 37.7. The van der Waals surface area contributed by atoms with Gasteiger partial charge in [-0.3, -0.25) is 37.0 Å². The maximum absolute atomic E-state index is 13.3. The third-order valence-electron chi connectivity index (χ3n) is 7.32. The van der Waals surface area contributed by atoms with Crippen LogP contribution in [0.5, 0.6) is 0 Å². The lowest BCUT2D eigenvalue weighted by molar-refractivity contribution is 0.00299. The van der Waals surface area contributed by atoms with E-state index < -0.39 is 80.1 Å². The van der Waals surface area contributed by atoms with Gasteiger partial charge >= 0.3 is 15.6 Å². The number of phosphoric ester groups is 2. The molecule has 21 nitrogen and oxygen atoms in total. The molecule has 25 heteroatoms. The molecule has 2 bridgehead atoms. The monoisotopic (exact) mass is 706 g/mol. The van der Waals surface area contributed by atoms with Gasteiger partial charge in [0.2, 0.25) is 5.95 Å². The maximum atomic E-state index is 13.3. The van der Waals surface area contributed by atoms with E-state index in [0.717, 1.165) is 23.5 Å². The predicted molar refractivity (Wildman–Crippen MR) is 156 cm³/mol. The lowest BCUT2D eigenvalue weighted by Crippen LogP contribution is -2.35. The van der Waals surface area contributed by atoms with E-state index in [4.69, 9.17) is 29.6 Å². The molecule has 3 aliphatic heterocycles. The topological polar surface area (TPSA) is 311 Å². The second kappa shape index (κ2) is 11.2. The van der Waals surface area contributed by atoms with Gasteiger partial charge in [0.1, 0.15) is 40.9 Å². The maximum Gasteiger partial charge on any atom is 0.472 e. The van der Waals surface area contributed by atoms with E-state index in [9.17, 15) is 33.9 Å². The number of anilines is 2. The van der Waals surface area contributed by atoms with E-state index in [1.165, 1.54) is 28.1 Å². The quantitative estimate of drug-likeness (QED) is 0.124. The van der Waals surface area contributed by atoms with Gasteiger partial charge in [0, 0.05) is 0 Å². The molecule has 45 heavy (non-hydrogen) atoms. The van der Waals surface area contributed by atoms with E-state index in [1.807, 2.05) is 0 Å². The summed E-state index contributed by atoms with van der Waals surface area (Å²) in [5.41, 5.74) is 11.3. The summed E-state index contributed by atoms with van der Waals surface area (Å²) in [6.45, 7) is -1.21. The van der Waals surface area contributed by atoms with Gasteiger partial charge < -0.3 is 31.5 Å². The Labute approximate surface area is 258 Å². The van der Waals surface area contributed by atoms with Crippen LogP contribution in [0.4, 0.5) is 11.8 Å². The van der Waals surface area contributed by atoms with Gasteiger partial charge in [-0.25, -0.2) is 29.1 Å². The number of aromatic amines is 1. The Bertz CT molecular complexity index is 1940. The summed E-state index contributed by atoms with van der Waals surface area (Å²) in [6, 6.07) is 0. The number of nitrogen functional groups attached to an aromatic ring is 2. The summed E-state index contributed by atoms with van der Waals surface area (Å²) < 4.78 is 50.6. The molecule has 7 rings (SSSR count). The number of aliphatic hydroxyl groups is 2. The number of aliphatic hydroxyl groups excluding tert-OH is 2. The van der Waals surface area contributed by atoms with Crippen molar-refractivity contribution in [1.29, 1.82) is 0 Å². The molecule has 10 atom stereocenters. The molecule has 0 aromatic carbocycles. The molecule has 0 saturated carbocycles. The molecular formula is C20H24N10O11P2S2. The van der Waals surface area contributed by atoms with Gasteiger partial charge in [-0.15, -0.1) is 23.5 Å². The van der Waals surface area contributed by atoms with Crippen LogP contribution in [0, 0.1) is 0 Å². The lowest BCUT2D eigenvalue weighted by Gasteiger charge is -2.26. The molecular weight excluding hydrogens is 682 g/mol. The fraction of sp³-hybridized carbons (Fsp3) is 0.500. The molecule has 0 amide bonds. The Balaban J connectivity index is 1.21. The highest BCUT2D eigenvalue weighted by Gasteiger charge is 2.53. The van der Waals surface area contributed by atoms with E-state index in [-0.39, 0.29) is 34.1 Å². The minimum absolute atomic E-state index is 0.00799. The molecule has 242 valence electrons. The molecule has 0 aliphatic carbocycles. The largest absolute Gasteiger partial charge is 0.472 e. The number of hydrogen-bond donors (Lipinski definition) is 7. The van der Waals surface area contributed by atoms with Gasteiger partial charge in [0.05, 0.1) is 42.5 Å². The van der Waals surface area contributed by atoms with E-state index in [0.29, 0.717) is 0 Å². The van der Waals surface area contributed by atoms with E-state index in [2.05, 4.69) is 29.9 Å². The second-order valence-corrected chi connectivity index (χ2v) is 15.7. The van der Waals surface area contributed by atoms with Crippen molar-refractivity contribution >= 4 is 73.3 Å². The molecule has 3 saturated heterocycles. The Morgan fingerprint density at radius 3 is 2.20 bits per heavy atom. The Kier molecular flexibility index (Phi) is 7.74. The predicted octanol–water partition coefficient (Wildman–Crippen LogP) is -0.908. The van der Waals surface area contributed by atoms with Gasteiger partial charge in [-0.1, -0.05) is 0 Å². The van der Waals surface area contributed by atoms with Gasteiger partial charge in [0.25, 0.3) is 5.56 Å². The number of hydrogen-bond acceptors (Lipinski definition) is 18. The molecule has 4 aromatic heterocycles. The lowest BCUT2D eigenvalue weighted by atomic mass is 10.1. The Morgan fingerprint density at radius 1 is 0.844 bits per heavy atom. The fourth-order valence-electron chi connectivity index (χ4n) is 5.30. The van der Waals surface area contributed by atoms with E-state index >= 15 is 0 Å². The summed E-state index contributed by atoms with van der Waals surface area (Å²) in [4.78, 5) is 56.4. The number of H-pyrrole nitrogens is 1. The van der Waals surface area contributed by atoms with Crippen LogP contribution < -0.4 is 17.0 Å². The van der Waals surface area contributed by atoms with Crippen molar-refractivity contribution in [3.63, 3.8) is 0 Å². The Hall–Kier alpha value is -2.66. The highest BCUT2D eigenvalue weighted by molar-refractivity contribution is 8.00. The minimum Gasteiger partial charge on any atom is -0.389 e. The number of phosphoric acid groups is 2. The van der Waals surface area contributed by atoms with Crippen LogP contribution in [-0.4, -0.2) is 107 Å². The van der Waals surface area contributed by atoms with Crippen LogP contribution in [0.25, 0.3) is 22.3 Å². The van der Waals surface area contributed by atoms with E-state index in [1.54, 1.807) is 0 Å². The van der Waals surface area contributed by atoms with Gasteiger partial charge in [0.15, 0.2) is 22.6 Å². The average molecular weight is 707 g/mol. The number of thioether (sulfide) groups is 2. The number of nitrogens with zero attached hydrogens (tertiary/aromatic N) is 7. The van der Waals surface area contributed by atoms with Gasteiger partial charge in [-0.2, -0.15) is 4.98 Å². The van der Waals surface area contributed by atoms with Crippen molar-refractivity contribution in [2.24, 2.45) is 0 Å². The average Bonchev–Trinajstić information content (AvgIpc) is 3.72. The molecule has 3 fully saturated rings. The van der Waals surface area contributed by atoms with Crippen molar-refractivity contribution in [2.45, 2.75) is 45.7 Å². The first-order valence-electron chi connectivity index (χ1n) is 13.0. The summed E-state index contributed by atoms with van der Waals surface area (Å²) in [7, 11) is -9.91. The molecule has 4 unspecified atom stereocenters. The summed E-state index contributed by atoms with van der Waals surface area (Å²) in [6.07, 6.45) is -2.25. The first-order chi connectivity index (χ1) is 21.3. The van der Waals surface area contributed by atoms with Crippen molar-refractivity contribution in [1.82, 2.24) is 39.0 Å². The van der Waals surface area contributed by atoms with Gasteiger partial charge in [-0.05, 0) is 0 Å². The zero-order valence-corrected chi connectivity index (χ0v) is 25.8. The number of aromatic nitrogens is 8. The van der Waals surface area contributed by atoms with Crippen molar-refractivity contribution in [3.8, 4) is 0 Å². The second-order valence-electron chi connectivity index (χ2n) is 10.1. The molecule has 0 spiro atoms. The molecule has 7 heterocycles. The number of fused-ring (bicyclic) bond motifs is 5. The van der Waals surface area contributed by atoms with Crippen molar-refractivity contribution in [3.05, 3.63) is 29.3 Å². The number of nitrogens with two attached hydrogens (primary N) is 2. The smallest absolute Gasteiger partial charge is 0.389 e. The van der Waals surface area contributed by atoms with Crippen LogP contribution in [0.3, 0.4) is 0 Å². The molecule has 9 N–H and O–H groups in total. The Morgan fingerprint density at radius 2 is 1.47 bits per heavy atom. The number of nitrogens with one attached hydrogen (secondary N) is 1. The summed E-state index contributed by atoms with van der Waals surface area (Å²) in [5.74, 6) is -0.136. The minimum atomic E-state index is -4.98. The van der Waals surface area contributed by atoms with Crippen LogP contribution in [0.2, 0.25) is 0 Å². The third-order valence-corrected chi connectivity index (χ3v) is 12.4. The van der Waals surface area contributed by atoms with Crippen molar-refractivity contribution in [2.75, 3.05) is 24.7 Å². The highest BCUT2D eigenvalue weighted by atomic mass is 32.2. The standard InChI is InChI=1S/C20H24N10O11P2S2/c21-14-8-15(24-3-23-14)29(4-25-8)18-11(32)12-7(45-18)2-39-43(36,37)41-13-10(31)6(1-38-42(34,35)40-12)44-19(13)30-5-26-9-16(30)27-20(22)28-17(9)33/h3-7,10-13,18-19,31-32H,1-2H2,(H,34,35)(H,36,37)(H2,21,23,24)(H3,22,27,28,33)/t6-,7-,10?,11?,12+,13+,18-,19-/m1/s1. The SMILES string of the molecule is Nc1nc2c(ncn2[C@@H]2S[C@@H]3COP(=O)(O)O[C@@H]4C(O)[C@H](n5cnc6c(N)ncnc65)S[C@@H]4COP(=O)(O)O[C@H]2C3O)c(=O)[nH]1. The van der Waals surface area contributed by atoms with Crippen LogP contribution in [-0.2, 0) is 27.2 Å². The fourth-order valence-corrected chi connectivity index (χ4v) is 10.6.